The smallest absolute Gasteiger partial charge is 0.0784 e. The van der Waals surface area contributed by atoms with Crippen LogP contribution in [-0.2, 0) is 6.42 Å². The molecule has 0 radical (unpaired) electrons. The number of nitrogens with two attached hydrogens (primary N) is 3. The molecule has 17 heavy (non-hydrogen) atoms. The lowest BCUT2D eigenvalue weighted by Crippen LogP contribution is -2.05. The first kappa shape index (κ1) is 11.3. The Bertz CT molecular complexity index is 533. The number of anilines is 3. The van der Waals surface area contributed by atoms with Crippen LogP contribution in [0.1, 0.15) is 16.7 Å². The van der Waals surface area contributed by atoms with Gasteiger partial charge in [0.1, 0.15) is 0 Å². The molecule has 0 aliphatic carbocycles. The van der Waals surface area contributed by atoms with E-state index in [0.29, 0.717) is 17.1 Å². The molecule has 0 saturated heterocycles. The molecular formula is C14H17N3. The highest BCUT2D eigenvalue weighted by atomic mass is 14.7. The molecule has 3 heteroatoms. The second-order valence-electron chi connectivity index (χ2n) is 4.24. The SMILES string of the molecule is Cc1c(Cc2ccccc2)cc(N)c(N)c1N. The van der Waals surface area contributed by atoms with Gasteiger partial charge < -0.3 is 17.2 Å². The molecule has 0 amide bonds. The number of hydrogen-bond donors (Lipinski definition) is 3. The lowest BCUT2D eigenvalue weighted by atomic mass is 9.97. The van der Waals surface area contributed by atoms with Gasteiger partial charge in [0, 0.05) is 0 Å². The summed E-state index contributed by atoms with van der Waals surface area (Å²) in [7, 11) is 0. The van der Waals surface area contributed by atoms with Crippen LogP contribution >= 0.6 is 0 Å². The average molecular weight is 227 g/mol. The zero-order chi connectivity index (χ0) is 12.4. The summed E-state index contributed by atoms with van der Waals surface area (Å²) in [6.45, 7) is 1.98. The van der Waals surface area contributed by atoms with Crippen LogP contribution in [0.15, 0.2) is 36.4 Å². The minimum Gasteiger partial charge on any atom is -0.397 e. The van der Waals surface area contributed by atoms with E-state index in [0.717, 1.165) is 17.5 Å². The Morgan fingerprint density at radius 2 is 1.59 bits per heavy atom. The predicted octanol–water partition coefficient (Wildman–Crippen LogP) is 2.33. The summed E-state index contributed by atoms with van der Waals surface area (Å²) < 4.78 is 0. The Morgan fingerprint density at radius 1 is 0.941 bits per heavy atom. The normalized spacial score (nSPS) is 10.4. The van der Waals surface area contributed by atoms with Crippen LogP contribution in [0.4, 0.5) is 17.1 Å². The fourth-order valence-electron chi connectivity index (χ4n) is 1.90. The van der Waals surface area contributed by atoms with E-state index in [-0.39, 0.29) is 0 Å². The fourth-order valence-corrected chi connectivity index (χ4v) is 1.90. The third kappa shape index (κ3) is 2.18. The molecule has 0 fully saturated rings. The zero-order valence-corrected chi connectivity index (χ0v) is 9.90. The molecule has 2 aromatic carbocycles. The summed E-state index contributed by atoms with van der Waals surface area (Å²) in [5.74, 6) is 0. The van der Waals surface area contributed by atoms with E-state index in [1.54, 1.807) is 0 Å². The van der Waals surface area contributed by atoms with Crippen LogP contribution in [0.5, 0.6) is 0 Å². The molecule has 0 bridgehead atoms. The molecule has 0 aliphatic rings. The van der Waals surface area contributed by atoms with E-state index in [1.165, 1.54) is 5.56 Å². The van der Waals surface area contributed by atoms with Crippen molar-refractivity contribution in [3.8, 4) is 0 Å². The highest BCUT2D eigenvalue weighted by Gasteiger charge is 2.09. The number of nitrogen functional groups attached to an aromatic ring is 3. The van der Waals surface area contributed by atoms with E-state index in [1.807, 2.05) is 31.2 Å². The van der Waals surface area contributed by atoms with Gasteiger partial charge in [0.2, 0.25) is 0 Å². The van der Waals surface area contributed by atoms with Gasteiger partial charge in [-0.25, -0.2) is 0 Å². The van der Waals surface area contributed by atoms with Crippen LogP contribution in [0.3, 0.4) is 0 Å². The average Bonchev–Trinajstić information content (AvgIpc) is 2.35. The summed E-state index contributed by atoms with van der Waals surface area (Å²) in [5, 5.41) is 0. The van der Waals surface area contributed by atoms with Gasteiger partial charge in [-0.15, -0.1) is 0 Å². The van der Waals surface area contributed by atoms with Gasteiger partial charge in [-0.2, -0.15) is 0 Å². The summed E-state index contributed by atoms with van der Waals surface area (Å²) in [6.07, 6.45) is 0.821. The van der Waals surface area contributed by atoms with Crippen molar-refractivity contribution >= 4 is 17.1 Å². The molecule has 2 aromatic rings. The van der Waals surface area contributed by atoms with E-state index in [4.69, 9.17) is 17.2 Å². The van der Waals surface area contributed by atoms with Crippen molar-refractivity contribution in [1.29, 1.82) is 0 Å². The second-order valence-corrected chi connectivity index (χ2v) is 4.24. The van der Waals surface area contributed by atoms with Crippen LogP contribution in [0.2, 0.25) is 0 Å². The van der Waals surface area contributed by atoms with Crippen molar-refractivity contribution in [2.75, 3.05) is 17.2 Å². The number of benzene rings is 2. The summed E-state index contributed by atoms with van der Waals surface area (Å²) >= 11 is 0. The predicted molar refractivity (Wildman–Crippen MR) is 73.7 cm³/mol. The van der Waals surface area contributed by atoms with Crippen molar-refractivity contribution in [1.82, 2.24) is 0 Å². The summed E-state index contributed by atoms with van der Waals surface area (Å²) in [5.41, 5.74) is 22.6. The Hall–Kier alpha value is -2.16. The van der Waals surface area contributed by atoms with Crippen LogP contribution < -0.4 is 17.2 Å². The maximum atomic E-state index is 5.93. The van der Waals surface area contributed by atoms with Gasteiger partial charge in [0.15, 0.2) is 0 Å². The number of rotatable bonds is 2. The van der Waals surface area contributed by atoms with Crippen molar-refractivity contribution in [3.05, 3.63) is 53.1 Å². The molecule has 0 heterocycles. The first-order valence-corrected chi connectivity index (χ1v) is 5.56. The molecule has 3 nitrogen and oxygen atoms in total. The first-order valence-electron chi connectivity index (χ1n) is 5.56. The lowest BCUT2D eigenvalue weighted by molar-refractivity contribution is 1.16. The largest absolute Gasteiger partial charge is 0.397 e. The quantitative estimate of drug-likeness (QED) is 0.689. The summed E-state index contributed by atoms with van der Waals surface area (Å²) in [6, 6.07) is 12.1. The van der Waals surface area contributed by atoms with Crippen molar-refractivity contribution in [3.63, 3.8) is 0 Å². The van der Waals surface area contributed by atoms with Crippen LogP contribution in [0.25, 0.3) is 0 Å². The topological polar surface area (TPSA) is 78.1 Å². The third-order valence-corrected chi connectivity index (χ3v) is 3.05. The highest BCUT2D eigenvalue weighted by molar-refractivity contribution is 5.81. The first-order chi connectivity index (χ1) is 8.09. The lowest BCUT2D eigenvalue weighted by Gasteiger charge is -2.13. The summed E-state index contributed by atoms with van der Waals surface area (Å²) in [4.78, 5) is 0. The van der Waals surface area contributed by atoms with Gasteiger partial charge in [-0.3, -0.25) is 0 Å². The van der Waals surface area contributed by atoms with Gasteiger partial charge >= 0.3 is 0 Å². The number of hydrogen-bond acceptors (Lipinski definition) is 3. The molecule has 0 aliphatic heterocycles. The molecule has 0 unspecified atom stereocenters. The molecule has 0 saturated carbocycles. The monoisotopic (exact) mass is 227 g/mol. The van der Waals surface area contributed by atoms with Crippen molar-refractivity contribution < 1.29 is 0 Å². The molecule has 0 aromatic heterocycles. The minimum atomic E-state index is 0.485. The van der Waals surface area contributed by atoms with E-state index in [9.17, 15) is 0 Å². The van der Waals surface area contributed by atoms with Crippen molar-refractivity contribution in [2.24, 2.45) is 0 Å². The van der Waals surface area contributed by atoms with E-state index < -0.39 is 0 Å². The molecule has 88 valence electrons. The second kappa shape index (κ2) is 4.37. The van der Waals surface area contributed by atoms with Crippen molar-refractivity contribution in [2.45, 2.75) is 13.3 Å². The van der Waals surface area contributed by atoms with Crippen LogP contribution in [-0.4, -0.2) is 0 Å². The Kier molecular flexibility index (Phi) is 2.91. The van der Waals surface area contributed by atoms with Gasteiger partial charge in [-0.05, 0) is 36.1 Å². The molecular weight excluding hydrogens is 210 g/mol. The molecule has 0 spiro atoms. The minimum absolute atomic E-state index is 0.485. The Morgan fingerprint density at radius 3 is 2.24 bits per heavy atom. The molecule has 0 atom stereocenters. The van der Waals surface area contributed by atoms with Gasteiger partial charge in [-0.1, -0.05) is 30.3 Å². The van der Waals surface area contributed by atoms with E-state index >= 15 is 0 Å². The van der Waals surface area contributed by atoms with E-state index in [2.05, 4.69) is 12.1 Å². The molecule has 2 rings (SSSR count). The van der Waals surface area contributed by atoms with Gasteiger partial charge in [0.25, 0.3) is 0 Å². The molecule has 6 N–H and O–H groups in total. The Balaban J connectivity index is 2.41. The maximum absolute atomic E-state index is 5.93. The zero-order valence-electron chi connectivity index (χ0n) is 9.90. The third-order valence-electron chi connectivity index (χ3n) is 3.05. The maximum Gasteiger partial charge on any atom is 0.0784 e. The Labute approximate surface area is 101 Å². The fraction of sp³-hybridized carbons (Fsp3) is 0.143. The van der Waals surface area contributed by atoms with Crippen LogP contribution in [0, 0.1) is 6.92 Å². The van der Waals surface area contributed by atoms with Gasteiger partial charge in [0.05, 0.1) is 17.1 Å². The standard InChI is InChI=1S/C14H17N3/c1-9-11(7-10-5-3-2-4-6-10)8-12(15)14(17)13(9)16/h2-6,8H,7,15-17H2,1H3. The highest BCUT2D eigenvalue weighted by Crippen LogP contribution is 2.30.